The number of tetrazole rings is 1. The molecule has 0 saturated carbocycles. The van der Waals surface area contributed by atoms with Gasteiger partial charge in [-0.05, 0) is 46.8 Å². The topological polar surface area (TPSA) is 72.7 Å². The molecule has 26 heavy (non-hydrogen) atoms. The minimum atomic E-state index is -2.63. The van der Waals surface area contributed by atoms with Gasteiger partial charge in [0.15, 0.2) is 5.82 Å². The van der Waals surface area contributed by atoms with Gasteiger partial charge in [0.1, 0.15) is 5.82 Å². The average molecular weight is 379 g/mol. The summed E-state index contributed by atoms with van der Waals surface area (Å²) in [6.07, 6.45) is 0. The van der Waals surface area contributed by atoms with E-state index in [9.17, 15) is 18.0 Å². The molecule has 1 amide bonds. The van der Waals surface area contributed by atoms with E-state index >= 15 is 0 Å². The van der Waals surface area contributed by atoms with Crippen LogP contribution in [0.4, 0.5) is 13.2 Å². The number of thioether (sulfide) groups is 1. The van der Waals surface area contributed by atoms with Crippen LogP contribution in [-0.2, 0) is 6.54 Å². The van der Waals surface area contributed by atoms with E-state index in [0.717, 1.165) is 0 Å². The normalized spacial score (nSPS) is 10.9. The zero-order valence-electron chi connectivity index (χ0n) is 13.1. The molecular weight excluding hydrogens is 367 g/mol. The maximum Gasteiger partial charge on any atom is 0.288 e. The minimum Gasteiger partial charge on any atom is -0.345 e. The Kier molecular flexibility index (Phi) is 5.52. The molecule has 0 aliphatic carbocycles. The Hall–Kier alpha value is -2.88. The van der Waals surface area contributed by atoms with Crippen LogP contribution < -0.4 is 5.32 Å². The Morgan fingerprint density at radius 3 is 2.62 bits per heavy atom. The first-order chi connectivity index (χ1) is 12.5. The average Bonchev–Trinajstić information content (AvgIpc) is 3.09. The van der Waals surface area contributed by atoms with E-state index in [-0.39, 0.29) is 17.0 Å². The highest BCUT2D eigenvalue weighted by Gasteiger charge is 2.16. The highest BCUT2D eigenvalue weighted by atomic mass is 32.2. The van der Waals surface area contributed by atoms with E-state index in [1.807, 2.05) is 0 Å². The van der Waals surface area contributed by atoms with Gasteiger partial charge < -0.3 is 5.32 Å². The summed E-state index contributed by atoms with van der Waals surface area (Å²) in [5.41, 5.74) is 0.660. The number of halogens is 3. The largest absolute Gasteiger partial charge is 0.345 e. The van der Waals surface area contributed by atoms with Crippen molar-refractivity contribution >= 4 is 17.7 Å². The standard InChI is InChI=1S/C16H12F3N5OS/c17-10-5-7-11(8-6-10)24-14(21-22-23-24)9-20-15(25)12-3-1-2-4-13(12)26-16(18)19/h1-8,16H,9H2,(H,20,25). The first-order valence-electron chi connectivity index (χ1n) is 7.40. The van der Waals surface area contributed by atoms with Gasteiger partial charge in [0.2, 0.25) is 0 Å². The third kappa shape index (κ3) is 4.20. The molecule has 0 saturated heterocycles. The Morgan fingerprint density at radius 2 is 1.88 bits per heavy atom. The van der Waals surface area contributed by atoms with E-state index in [2.05, 4.69) is 20.8 Å². The van der Waals surface area contributed by atoms with Gasteiger partial charge in [0.05, 0.1) is 17.8 Å². The SMILES string of the molecule is O=C(NCc1nnnn1-c1ccc(F)cc1)c1ccccc1SC(F)F. The van der Waals surface area contributed by atoms with Crippen LogP contribution in [0.2, 0.25) is 0 Å². The van der Waals surface area contributed by atoms with Crippen LogP contribution in [0.1, 0.15) is 16.2 Å². The Balaban J connectivity index is 1.74. The lowest BCUT2D eigenvalue weighted by Gasteiger charge is -2.09. The fraction of sp³-hybridized carbons (Fsp3) is 0.125. The van der Waals surface area contributed by atoms with Crippen LogP contribution in [0.25, 0.3) is 5.69 Å². The molecule has 0 aliphatic heterocycles. The maximum absolute atomic E-state index is 13.0. The number of benzene rings is 2. The summed E-state index contributed by atoms with van der Waals surface area (Å²) >= 11 is 0.303. The number of nitrogens with zero attached hydrogens (tertiary/aromatic N) is 4. The Bertz CT molecular complexity index is 901. The van der Waals surface area contributed by atoms with Crippen molar-refractivity contribution in [3.63, 3.8) is 0 Å². The Labute approximate surface area is 150 Å². The van der Waals surface area contributed by atoms with Crippen molar-refractivity contribution in [2.45, 2.75) is 17.2 Å². The molecule has 1 N–H and O–H groups in total. The summed E-state index contributed by atoms with van der Waals surface area (Å²) in [4.78, 5) is 12.5. The third-order valence-corrected chi connectivity index (χ3v) is 4.15. The molecule has 0 fully saturated rings. The van der Waals surface area contributed by atoms with Gasteiger partial charge >= 0.3 is 0 Å². The van der Waals surface area contributed by atoms with Crippen LogP contribution in [0.15, 0.2) is 53.4 Å². The third-order valence-electron chi connectivity index (χ3n) is 3.36. The van der Waals surface area contributed by atoms with Crippen molar-refractivity contribution in [3.8, 4) is 5.69 Å². The van der Waals surface area contributed by atoms with Gasteiger partial charge in [0, 0.05) is 4.90 Å². The summed E-state index contributed by atoms with van der Waals surface area (Å²) in [7, 11) is 0. The summed E-state index contributed by atoms with van der Waals surface area (Å²) in [6, 6.07) is 11.6. The Morgan fingerprint density at radius 1 is 1.15 bits per heavy atom. The highest BCUT2D eigenvalue weighted by molar-refractivity contribution is 7.99. The van der Waals surface area contributed by atoms with Gasteiger partial charge in [-0.2, -0.15) is 13.5 Å². The second kappa shape index (κ2) is 8.00. The first kappa shape index (κ1) is 17.9. The maximum atomic E-state index is 13.0. The molecule has 0 unspecified atom stereocenters. The predicted molar refractivity (Wildman–Crippen MR) is 88.6 cm³/mol. The number of hydrogen-bond donors (Lipinski definition) is 1. The molecular formula is C16H12F3N5OS. The van der Waals surface area contributed by atoms with Crippen LogP contribution in [0.5, 0.6) is 0 Å². The monoisotopic (exact) mass is 379 g/mol. The summed E-state index contributed by atoms with van der Waals surface area (Å²) in [5, 5.41) is 13.8. The number of hydrogen-bond acceptors (Lipinski definition) is 5. The minimum absolute atomic E-state index is 0.0309. The molecule has 3 aromatic rings. The van der Waals surface area contributed by atoms with Crippen LogP contribution >= 0.6 is 11.8 Å². The molecule has 3 rings (SSSR count). The van der Waals surface area contributed by atoms with Gasteiger partial charge in [-0.25, -0.2) is 4.39 Å². The molecule has 2 aromatic carbocycles. The van der Waals surface area contributed by atoms with E-state index in [4.69, 9.17) is 0 Å². The number of carbonyl (C=O) groups excluding carboxylic acids is 1. The van der Waals surface area contributed by atoms with E-state index in [0.29, 0.717) is 23.3 Å². The summed E-state index contributed by atoms with van der Waals surface area (Å²) in [5.74, 6) is -3.24. The van der Waals surface area contributed by atoms with Crippen LogP contribution in [-0.4, -0.2) is 31.9 Å². The lowest BCUT2D eigenvalue weighted by Crippen LogP contribution is -2.25. The predicted octanol–water partition coefficient (Wildman–Crippen LogP) is 3.05. The number of amides is 1. The first-order valence-corrected chi connectivity index (χ1v) is 8.28. The van der Waals surface area contributed by atoms with Crippen LogP contribution in [0.3, 0.4) is 0 Å². The lowest BCUT2D eigenvalue weighted by molar-refractivity contribution is 0.0946. The highest BCUT2D eigenvalue weighted by Crippen LogP contribution is 2.28. The molecule has 10 heteroatoms. The molecule has 6 nitrogen and oxygen atoms in total. The van der Waals surface area contributed by atoms with Crippen LogP contribution in [0, 0.1) is 5.82 Å². The van der Waals surface area contributed by atoms with Gasteiger partial charge in [-0.3, -0.25) is 4.79 Å². The van der Waals surface area contributed by atoms with E-state index < -0.39 is 17.5 Å². The fourth-order valence-corrected chi connectivity index (χ4v) is 2.84. The molecule has 0 spiro atoms. The number of rotatable bonds is 6. The zero-order valence-corrected chi connectivity index (χ0v) is 14.0. The van der Waals surface area contributed by atoms with E-state index in [1.54, 1.807) is 12.1 Å². The summed E-state index contributed by atoms with van der Waals surface area (Å²) in [6.45, 7) is -0.0309. The van der Waals surface area contributed by atoms with Crippen molar-refractivity contribution < 1.29 is 18.0 Å². The van der Waals surface area contributed by atoms with Gasteiger partial charge in [-0.1, -0.05) is 23.9 Å². The quantitative estimate of drug-likeness (QED) is 0.667. The molecule has 134 valence electrons. The number of aromatic nitrogens is 4. The molecule has 1 aromatic heterocycles. The molecule has 1 heterocycles. The van der Waals surface area contributed by atoms with Crippen molar-refractivity contribution in [1.82, 2.24) is 25.5 Å². The summed E-state index contributed by atoms with van der Waals surface area (Å²) < 4.78 is 39.6. The van der Waals surface area contributed by atoms with Crippen molar-refractivity contribution in [1.29, 1.82) is 0 Å². The second-order valence-corrected chi connectivity index (χ2v) is 6.07. The van der Waals surface area contributed by atoms with Crippen molar-refractivity contribution in [3.05, 3.63) is 65.7 Å². The lowest BCUT2D eigenvalue weighted by atomic mass is 10.2. The molecule has 0 bridgehead atoms. The van der Waals surface area contributed by atoms with Gasteiger partial charge in [-0.15, -0.1) is 5.10 Å². The van der Waals surface area contributed by atoms with E-state index in [1.165, 1.54) is 41.1 Å². The number of nitrogens with one attached hydrogen (secondary N) is 1. The molecule has 0 atom stereocenters. The zero-order chi connectivity index (χ0) is 18.5. The number of alkyl halides is 2. The molecule has 0 aliphatic rings. The smallest absolute Gasteiger partial charge is 0.288 e. The second-order valence-electron chi connectivity index (χ2n) is 5.04. The van der Waals surface area contributed by atoms with Crippen molar-refractivity contribution in [2.75, 3.05) is 0 Å². The fourth-order valence-electron chi connectivity index (χ4n) is 2.21. The number of carbonyl (C=O) groups is 1. The van der Waals surface area contributed by atoms with Crippen molar-refractivity contribution in [2.24, 2.45) is 0 Å². The van der Waals surface area contributed by atoms with Gasteiger partial charge in [0.25, 0.3) is 11.7 Å². The molecule has 0 radical (unpaired) electrons.